The van der Waals surface area contributed by atoms with E-state index in [4.69, 9.17) is 4.74 Å². The molecule has 0 bridgehead atoms. The van der Waals surface area contributed by atoms with Crippen molar-refractivity contribution < 1.29 is 14.3 Å². The zero-order valence-electron chi connectivity index (χ0n) is 14.6. The van der Waals surface area contributed by atoms with Gasteiger partial charge in [0.25, 0.3) is 5.56 Å². The van der Waals surface area contributed by atoms with Gasteiger partial charge in [0.05, 0.1) is 0 Å². The molecule has 2 aromatic rings. The van der Waals surface area contributed by atoms with Crippen molar-refractivity contribution in [2.45, 2.75) is 40.3 Å². The van der Waals surface area contributed by atoms with Gasteiger partial charge in [-0.15, -0.1) is 0 Å². The number of hydrogen-bond acceptors (Lipinski definition) is 5. The molecule has 0 aliphatic rings. The number of esters is 1. The Hall–Kier alpha value is -2.96. The number of aromatic nitrogens is 2. The Kier molecular flexibility index (Phi) is 5.36. The first kappa shape index (κ1) is 18.4. The number of aryl methyl sites for hydroxylation is 3. The van der Waals surface area contributed by atoms with Gasteiger partial charge in [-0.05, 0) is 50.5 Å². The van der Waals surface area contributed by atoms with Crippen molar-refractivity contribution in [2.24, 2.45) is 0 Å². The van der Waals surface area contributed by atoms with Crippen LogP contribution in [0.3, 0.4) is 0 Å². The number of ether oxygens (including phenoxy) is 1. The van der Waals surface area contributed by atoms with Crippen LogP contribution in [0.25, 0.3) is 0 Å². The van der Waals surface area contributed by atoms with Crippen LogP contribution in [-0.4, -0.2) is 27.4 Å². The number of carbonyl (C=O) groups excluding carboxylic acids is 2. The third-order valence-electron chi connectivity index (χ3n) is 3.98. The number of carbonyl (C=O) groups is 2. The van der Waals surface area contributed by atoms with Crippen LogP contribution in [-0.2, 0) is 16.1 Å². The lowest BCUT2D eigenvalue weighted by molar-refractivity contribution is -0.147. The molecule has 1 atom stereocenters. The average Bonchev–Trinajstić information content (AvgIpc) is 2.53. The first-order chi connectivity index (χ1) is 11.7. The molecule has 25 heavy (non-hydrogen) atoms. The molecule has 132 valence electrons. The van der Waals surface area contributed by atoms with Crippen LogP contribution in [0.4, 0.5) is 0 Å². The van der Waals surface area contributed by atoms with Gasteiger partial charge in [0.1, 0.15) is 6.54 Å². The number of H-pyrrole nitrogens is 1. The highest BCUT2D eigenvalue weighted by Gasteiger charge is 2.22. The number of aromatic amines is 1. The molecule has 0 amide bonds. The van der Waals surface area contributed by atoms with Crippen molar-refractivity contribution in [1.82, 2.24) is 9.55 Å². The fourth-order valence-corrected chi connectivity index (χ4v) is 2.44. The van der Waals surface area contributed by atoms with Crippen LogP contribution >= 0.6 is 0 Å². The summed E-state index contributed by atoms with van der Waals surface area (Å²) in [4.78, 5) is 49.1. The minimum Gasteiger partial charge on any atom is -0.453 e. The van der Waals surface area contributed by atoms with Gasteiger partial charge in [-0.3, -0.25) is 23.9 Å². The average molecular weight is 344 g/mol. The first-order valence-corrected chi connectivity index (χ1v) is 7.80. The lowest BCUT2D eigenvalue weighted by atomic mass is 9.96. The molecule has 1 N–H and O–H groups in total. The standard InChI is InChI=1S/C18H20N2O5/c1-10-7-12(3)14(8-11(10)2)17(23)13(4)25-16(22)9-20-6-5-15(21)19-18(20)24/h5-8,13H,9H2,1-4H3,(H,19,21,24)/t13-/m0/s1. The molecular formula is C18H20N2O5. The number of Topliss-reactive ketones (excluding diaryl/α,β-unsaturated/α-hetero) is 1. The molecule has 1 aromatic carbocycles. The third kappa shape index (κ3) is 4.32. The number of nitrogens with zero attached hydrogens (tertiary/aromatic N) is 1. The summed E-state index contributed by atoms with van der Waals surface area (Å²) in [6, 6.07) is 4.82. The van der Waals surface area contributed by atoms with Gasteiger partial charge < -0.3 is 4.74 Å². The molecule has 1 aromatic heterocycles. The minimum absolute atomic E-state index is 0.303. The summed E-state index contributed by atoms with van der Waals surface area (Å²) in [6.45, 7) is 6.80. The molecule has 0 aliphatic heterocycles. The maximum atomic E-state index is 12.5. The highest BCUT2D eigenvalue weighted by molar-refractivity contribution is 6.01. The van der Waals surface area contributed by atoms with E-state index in [9.17, 15) is 19.2 Å². The Balaban J connectivity index is 2.10. The van der Waals surface area contributed by atoms with Crippen LogP contribution in [0, 0.1) is 20.8 Å². The summed E-state index contributed by atoms with van der Waals surface area (Å²) < 4.78 is 6.14. The SMILES string of the molecule is Cc1cc(C)c(C(=O)[C@H](C)OC(=O)Cn2ccc(=O)[nH]c2=O)cc1C. The van der Waals surface area contributed by atoms with Crippen LogP contribution in [0.5, 0.6) is 0 Å². The molecule has 7 heteroatoms. The van der Waals surface area contributed by atoms with Crippen molar-refractivity contribution in [3.05, 3.63) is 67.5 Å². The number of ketones is 1. The molecule has 7 nitrogen and oxygen atoms in total. The molecule has 1 heterocycles. The van der Waals surface area contributed by atoms with Crippen molar-refractivity contribution in [2.75, 3.05) is 0 Å². The highest BCUT2D eigenvalue weighted by Crippen LogP contribution is 2.18. The van der Waals surface area contributed by atoms with Crippen molar-refractivity contribution in [3.63, 3.8) is 0 Å². The van der Waals surface area contributed by atoms with E-state index >= 15 is 0 Å². The molecule has 0 saturated carbocycles. The topological polar surface area (TPSA) is 98.2 Å². The second kappa shape index (κ2) is 7.29. The second-order valence-electron chi connectivity index (χ2n) is 5.99. The lowest BCUT2D eigenvalue weighted by Gasteiger charge is -2.15. The summed E-state index contributed by atoms with van der Waals surface area (Å²) >= 11 is 0. The molecule has 0 aliphatic carbocycles. The van der Waals surface area contributed by atoms with E-state index in [0.717, 1.165) is 27.3 Å². The Morgan fingerprint density at radius 1 is 1.12 bits per heavy atom. The number of rotatable bonds is 5. The van der Waals surface area contributed by atoms with Crippen molar-refractivity contribution in [1.29, 1.82) is 0 Å². The van der Waals surface area contributed by atoms with E-state index in [0.29, 0.717) is 5.56 Å². The molecule has 0 radical (unpaired) electrons. The van der Waals surface area contributed by atoms with E-state index in [1.165, 1.54) is 13.1 Å². The predicted molar refractivity (Wildman–Crippen MR) is 91.9 cm³/mol. The quantitative estimate of drug-likeness (QED) is 0.651. The van der Waals surface area contributed by atoms with Gasteiger partial charge in [0, 0.05) is 17.8 Å². The largest absolute Gasteiger partial charge is 0.453 e. The molecule has 0 spiro atoms. The van der Waals surface area contributed by atoms with Gasteiger partial charge in [-0.2, -0.15) is 0 Å². The summed E-state index contributed by atoms with van der Waals surface area (Å²) in [5.74, 6) is -1.04. The van der Waals surface area contributed by atoms with Crippen LogP contribution in [0.15, 0.2) is 34.0 Å². The van der Waals surface area contributed by atoms with E-state index in [1.54, 1.807) is 6.07 Å². The number of nitrogens with one attached hydrogen (secondary N) is 1. The van der Waals surface area contributed by atoms with E-state index in [2.05, 4.69) is 0 Å². The Morgan fingerprint density at radius 2 is 1.76 bits per heavy atom. The van der Waals surface area contributed by atoms with Gasteiger partial charge in [0.2, 0.25) is 5.78 Å². The van der Waals surface area contributed by atoms with E-state index in [1.807, 2.05) is 31.8 Å². The monoisotopic (exact) mass is 344 g/mol. The normalized spacial score (nSPS) is 11.8. The molecule has 0 unspecified atom stereocenters. The summed E-state index contributed by atoms with van der Waals surface area (Å²) in [5, 5.41) is 0. The Bertz CT molecular complexity index is 939. The molecular weight excluding hydrogens is 324 g/mol. The Morgan fingerprint density at radius 3 is 2.40 bits per heavy atom. The van der Waals surface area contributed by atoms with Gasteiger partial charge >= 0.3 is 11.7 Å². The van der Waals surface area contributed by atoms with Crippen molar-refractivity contribution >= 4 is 11.8 Å². The van der Waals surface area contributed by atoms with Gasteiger partial charge in [-0.1, -0.05) is 6.07 Å². The second-order valence-corrected chi connectivity index (χ2v) is 5.99. The van der Waals surface area contributed by atoms with Crippen LogP contribution < -0.4 is 11.2 Å². The summed E-state index contributed by atoms with van der Waals surface area (Å²) in [7, 11) is 0. The maximum Gasteiger partial charge on any atom is 0.328 e. The first-order valence-electron chi connectivity index (χ1n) is 7.80. The highest BCUT2D eigenvalue weighted by atomic mass is 16.5. The summed E-state index contributed by atoms with van der Waals surface area (Å²) in [5.41, 5.74) is 2.11. The fourth-order valence-electron chi connectivity index (χ4n) is 2.44. The predicted octanol–water partition coefficient (Wildman–Crippen LogP) is 1.28. The van der Waals surface area contributed by atoms with E-state index < -0.39 is 23.3 Å². The number of benzene rings is 1. The van der Waals surface area contributed by atoms with Crippen molar-refractivity contribution in [3.8, 4) is 0 Å². The van der Waals surface area contributed by atoms with Gasteiger partial charge in [0.15, 0.2) is 6.10 Å². The fraction of sp³-hybridized carbons (Fsp3) is 0.333. The third-order valence-corrected chi connectivity index (χ3v) is 3.98. The molecule has 0 saturated heterocycles. The van der Waals surface area contributed by atoms with E-state index in [-0.39, 0.29) is 12.3 Å². The zero-order chi connectivity index (χ0) is 18.7. The number of hydrogen-bond donors (Lipinski definition) is 1. The van der Waals surface area contributed by atoms with Crippen LogP contribution in [0.2, 0.25) is 0 Å². The Labute approximate surface area is 144 Å². The zero-order valence-corrected chi connectivity index (χ0v) is 14.6. The van der Waals surface area contributed by atoms with Crippen LogP contribution in [0.1, 0.15) is 34.0 Å². The lowest BCUT2D eigenvalue weighted by Crippen LogP contribution is -2.33. The van der Waals surface area contributed by atoms with Gasteiger partial charge in [-0.25, -0.2) is 4.79 Å². The summed E-state index contributed by atoms with van der Waals surface area (Å²) in [6.07, 6.45) is 0.217. The smallest absolute Gasteiger partial charge is 0.328 e. The molecule has 0 fully saturated rings. The maximum absolute atomic E-state index is 12.5. The molecule has 2 rings (SSSR count). The minimum atomic E-state index is -0.980.